The highest BCUT2D eigenvalue weighted by atomic mass is 16.4. The first-order chi connectivity index (χ1) is 17.6. The van der Waals surface area contributed by atoms with Crippen LogP contribution in [-0.2, 0) is 27.5 Å². The second kappa shape index (κ2) is 9.64. The fourth-order valence-electron chi connectivity index (χ4n) is 5.33. The SMILES string of the molecule is CC(C)(C)C(=O)N1CCC(c2ncc(CNc3cccc4c3CN(C3CCC(=O)NC3=O)C4=O)o2)CC1. The van der Waals surface area contributed by atoms with Gasteiger partial charge in [0.1, 0.15) is 11.8 Å². The van der Waals surface area contributed by atoms with Crippen LogP contribution in [0.25, 0.3) is 0 Å². The van der Waals surface area contributed by atoms with E-state index in [2.05, 4.69) is 15.6 Å². The third-order valence-electron chi connectivity index (χ3n) is 7.38. The van der Waals surface area contributed by atoms with E-state index in [0.29, 0.717) is 49.8 Å². The summed E-state index contributed by atoms with van der Waals surface area (Å²) in [6.07, 6.45) is 3.91. The maximum Gasteiger partial charge on any atom is 0.255 e. The van der Waals surface area contributed by atoms with Crippen LogP contribution < -0.4 is 10.6 Å². The van der Waals surface area contributed by atoms with Crippen LogP contribution in [0.4, 0.5) is 5.69 Å². The fraction of sp³-hybridized carbons (Fsp3) is 0.519. The summed E-state index contributed by atoms with van der Waals surface area (Å²) in [4.78, 5) is 57.4. The molecule has 0 saturated carbocycles. The predicted molar refractivity (Wildman–Crippen MR) is 134 cm³/mol. The minimum absolute atomic E-state index is 0.174. The first-order valence-electron chi connectivity index (χ1n) is 12.9. The number of anilines is 1. The van der Waals surface area contributed by atoms with Gasteiger partial charge in [0.05, 0.1) is 12.7 Å². The van der Waals surface area contributed by atoms with Crippen LogP contribution in [-0.4, -0.2) is 57.5 Å². The van der Waals surface area contributed by atoms with Crippen molar-refractivity contribution in [3.8, 4) is 0 Å². The number of oxazole rings is 1. The van der Waals surface area contributed by atoms with E-state index in [9.17, 15) is 19.2 Å². The van der Waals surface area contributed by atoms with Gasteiger partial charge in [-0.05, 0) is 31.4 Å². The number of hydrogen-bond donors (Lipinski definition) is 2. The van der Waals surface area contributed by atoms with Crippen molar-refractivity contribution in [2.75, 3.05) is 18.4 Å². The van der Waals surface area contributed by atoms with E-state index in [4.69, 9.17) is 4.42 Å². The number of benzene rings is 1. The number of rotatable bonds is 5. The van der Waals surface area contributed by atoms with Crippen molar-refractivity contribution in [1.82, 2.24) is 20.1 Å². The molecule has 1 aromatic carbocycles. The second-order valence-corrected chi connectivity index (χ2v) is 11.1. The van der Waals surface area contributed by atoms with Crippen LogP contribution >= 0.6 is 0 Å². The van der Waals surface area contributed by atoms with E-state index >= 15 is 0 Å². The molecule has 1 unspecified atom stereocenters. The maximum atomic E-state index is 13.0. The third kappa shape index (κ3) is 4.97. The Morgan fingerprint density at radius 1 is 1.16 bits per heavy atom. The summed E-state index contributed by atoms with van der Waals surface area (Å²) in [5.74, 6) is 0.806. The first kappa shape index (κ1) is 25.0. The lowest BCUT2D eigenvalue weighted by atomic mass is 9.91. The van der Waals surface area contributed by atoms with Gasteiger partial charge in [-0.15, -0.1) is 0 Å². The zero-order valence-electron chi connectivity index (χ0n) is 21.5. The van der Waals surface area contributed by atoms with Gasteiger partial charge in [0.15, 0.2) is 5.89 Å². The molecule has 2 saturated heterocycles. The number of aromatic nitrogens is 1. The molecular formula is C27H33N5O5. The van der Waals surface area contributed by atoms with E-state index < -0.39 is 11.9 Å². The van der Waals surface area contributed by atoms with E-state index in [1.165, 1.54) is 0 Å². The third-order valence-corrected chi connectivity index (χ3v) is 7.38. The quantitative estimate of drug-likeness (QED) is 0.596. The van der Waals surface area contributed by atoms with Crippen LogP contribution in [0, 0.1) is 5.41 Å². The Balaban J connectivity index is 1.20. The van der Waals surface area contributed by atoms with Crippen molar-refractivity contribution in [1.29, 1.82) is 0 Å². The van der Waals surface area contributed by atoms with Gasteiger partial charge in [0.2, 0.25) is 17.7 Å². The molecular weight excluding hydrogens is 474 g/mol. The molecule has 3 aliphatic rings. The summed E-state index contributed by atoms with van der Waals surface area (Å²) in [5, 5.41) is 5.69. The monoisotopic (exact) mass is 507 g/mol. The summed E-state index contributed by atoms with van der Waals surface area (Å²) in [7, 11) is 0. The lowest BCUT2D eigenvalue weighted by Crippen LogP contribution is -2.52. The Hall–Kier alpha value is -3.69. The molecule has 3 aliphatic heterocycles. The number of nitrogens with zero attached hydrogens (tertiary/aromatic N) is 3. The number of nitrogens with one attached hydrogen (secondary N) is 2. The molecule has 0 aliphatic carbocycles. The number of carbonyl (C=O) groups is 4. The Kier molecular flexibility index (Phi) is 6.51. The number of imide groups is 1. The molecule has 10 heteroatoms. The fourth-order valence-corrected chi connectivity index (χ4v) is 5.33. The molecule has 4 heterocycles. The Morgan fingerprint density at radius 2 is 1.92 bits per heavy atom. The molecule has 196 valence electrons. The number of hydrogen-bond acceptors (Lipinski definition) is 7. The molecule has 2 N–H and O–H groups in total. The minimum atomic E-state index is -0.646. The summed E-state index contributed by atoms with van der Waals surface area (Å²) in [6.45, 7) is 7.93. The summed E-state index contributed by atoms with van der Waals surface area (Å²) < 4.78 is 6.05. The van der Waals surface area contributed by atoms with Gasteiger partial charge < -0.3 is 19.5 Å². The first-order valence-corrected chi connectivity index (χ1v) is 12.9. The molecule has 2 fully saturated rings. The molecule has 2 aromatic rings. The zero-order chi connectivity index (χ0) is 26.3. The van der Waals surface area contributed by atoms with Gasteiger partial charge in [0.25, 0.3) is 5.91 Å². The van der Waals surface area contributed by atoms with Crippen molar-refractivity contribution in [2.24, 2.45) is 5.41 Å². The zero-order valence-corrected chi connectivity index (χ0v) is 21.5. The number of carbonyl (C=O) groups excluding carboxylic acids is 4. The Labute approximate surface area is 215 Å². The van der Waals surface area contributed by atoms with Crippen LogP contribution in [0.1, 0.15) is 79.9 Å². The molecule has 0 bridgehead atoms. The summed E-state index contributed by atoms with van der Waals surface area (Å²) in [5.41, 5.74) is 1.81. The van der Waals surface area contributed by atoms with E-state index in [1.54, 1.807) is 17.2 Å². The van der Waals surface area contributed by atoms with E-state index in [0.717, 1.165) is 24.1 Å². The maximum absolute atomic E-state index is 13.0. The molecule has 1 atom stereocenters. The lowest BCUT2D eigenvalue weighted by Gasteiger charge is -2.34. The smallest absolute Gasteiger partial charge is 0.255 e. The van der Waals surface area contributed by atoms with Crippen LogP contribution in [0.15, 0.2) is 28.8 Å². The van der Waals surface area contributed by atoms with Crippen LogP contribution in [0.5, 0.6) is 0 Å². The van der Waals surface area contributed by atoms with Gasteiger partial charge >= 0.3 is 0 Å². The largest absolute Gasteiger partial charge is 0.444 e. The van der Waals surface area contributed by atoms with Crippen LogP contribution in [0.3, 0.4) is 0 Å². The number of amides is 4. The number of piperidine rings is 2. The second-order valence-electron chi connectivity index (χ2n) is 11.1. The van der Waals surface area contributed by atoms with Gasteiger partial charge in [-0.1, -0.05) is 26.8 Å². The van der Waals surface area contributed by atoms with Crippen LogP contribution in [0.2, 0.25) is 0 Å². The molecule has 0 spiro atoms. The lowest BCUT2D eigenvalue weighted by molar-refractivity contribution is -0.140. The normalized spacial score (nSPS) is 20.7. The van der Waals surface area contributed by atoms with E-state index in [1.807, 2.05) is 37.8 Å². The average Bonchev–Trinajstić information content (AvgIpc) is 3.47. The molecule has 0 radical (unpaired) electrons. The van der Waals surface area contributed by atoms with Crippen molar-refractivity contribution < 1.29 is 23.6 Å². The predicted octanol–water partition coefficient (Wildman–Crippen LogP) is 2.80. The highest BCUT2D eigenvalue weighted by molar-refractivity contribution is 6.06. The van der Waals surface area contributed by atoms with Crippen molar-refractivity contribution in [2.45, 2.75) is 71.5 Å². The molecule has 37 heavy (non-hydrogen) atoms. The average molecular weight is 508 g/mol. The highest BCUT2D eigenvalue weighted by Gasteiger charge is 2.40. The van der Waals surface area contributed by atoms with Crippen molar-refractivity contribution >= 4 is 29.3 Å². The van der Waals surface area contributed by atoms with Gasteiger partial charge in [-0.3, -0.25) is 24.5 Å². The molecule has 1 aromatic heterocycles. The van der Waals surface area contributed by atoms with Gasteiger partial charge in [-0.25, -0.2) is 4.98 Å². The Bertz CT molecular complexity index is 1240. The molecule has 4 amide bonds. The Morgan fingerprint density at radius 3 is 2.62 bits per heavy atom. The standard InChI is InChI=1S/C27H33N5O5/c1-27(2,3)26(36)31-11-9-16(10-12-31)24-29-14-17(37-24)13-28-20-6-4-5-18-19(20)15-32(25(18)35)21-7-8-22(33)30-23(21)34/h4-6,14,16,21,28H,7-13,15H2,1-3H3,(H,30,33,34). The van der Waals surface area contributed by atoms with E-state index in [-0.39, 0.29) is 35.5 Å². The number of fused-ring (bicyclic) bond motifs is 1. The summed E-state index contributed by atoms with van der Waals surface area (Å²) >= 11 is 0. The minimum Gasteiger partial charge on any atom is -0.444 e. The van der Waals surface area contributed by atoms with Gasteiger partial charge in [-0.2, -0.15) is 0 Å². The topological polar surface area (TPSA) is 125 Å². The summed E-state index contributed by atoms with van der Waals surface area (Å²) in [6, 6.07) is 4.83. The molecule has 10 nitrogen and oxygen atoms in total. The highest BCUT2D eigenvalue weighted by Crippen LogP contribution is 2.33. The van der Waals surface area contributed by atoms with Gasteiger partial charge in [0, 0.05) is 54.2 Å². The number of likely N-dealkylation sites (tertiary alicyclic amines) is 1. The van der Waals surface area contributed by atoms with Crippen molar-refractivity contribution in [3.63, 3.8) is 0 Å². The van der Waals surface area contributed by atoms with Crippen molar-refractivity contribution in [3.05, 3.63) is 47.2 Å². The molecule has 5 rings (SSSR count).